The van der Waals surface area contributed by atoms with Crippen molar-refractivity contribution < 1.29 is 4.48 Å². The van der Waals surface area contributed by atoms with Gasteiger partial charge in [-0.2, -0.15) is 0 Å². The highest BCUT2D eigenvalue weighted by molar-refractivity contribution is 6.08. The summed E-state index contributed by atoms with van der Waals surface area (Å²) in [5.41, 5.74) is 1.31. The van der Waals surface area contributed by atoms with Gasteiger partial charge in [-0.15, -0.1) is 0 Å². The maximum absolute atomic E-state index is 3.41. The predicted octanol–water partition coefficient (Wildman–Crippen LogP) is 2.16. The molecule has 1 aliphatic rings. The molecule has 0 aromatic heterocycles. The van der Waals surface area contributed by atoms with E-state index < -0.39 is 0 Å². The lowest BCUT2D eigenvalue weighted by Crippen LogP contribution is -2.34. The summed E-state index contributed by atoms with van der Waals surface area (Å²) in [4.78, 5) is 0. The molecule has 3 radical (unpaired) electrons. The minimum absolute atomic E-state index is 0.892. The number of nitrogens with one attached hydrogen (secondary N) is 1. The summed E-state index contributed by atoms with van der Waals surface area (Å²) >= 11 is 0. The van der Waals surface area contributed by atoms with E-state index in [2.05, 4.69) is 66.6 Å². The molecule has 0 bridgehead atoms. The molecule has 0 saturated carbocycles. The number of nitrogens with zero attached hydrogens (tertiary/aromatic N) is 1. The first-order valence-electron chi connectivity index (χ1n) is 6.73. The summed E-state index contributed by atoms with van der Waals surface area (Å²) < 4.78 is 0.954. The van der Waals surface area contributed by atoms with Crippen LogP contribution in [0.4, 0.5) is 0 Å². The van der Waals surface area contributed by atoms with Crippen LogP contribution in [-0.2, 0) is 0 Å². The summed E-state index contributed by atoms with van der Waals surface area (Å²) in [5.74, 6) is 0. The van der Waals surface area contributed by atoms with Crippen LogP contribution in [0.2, 0.25) is 0 Å². The van der Waals surface area contributed by atoms with Crippen LogP contribution in [0.3, 0.4) is 0 Å². The number of quaternary nitrogens is 1. The van der Waals surface area contributed by atoms with E-state index in [1.165, 1.54) is 31.4 Å². The molecule has 2 nitrogen and oxygen atoms in total. The standard InChI is InChI=1S/C15H25N2Si/c1-17(2,12-8-4-7-11-16-14-18)13-15-9-5-3-6-10-15/h3,5-6,9-10,13,16H,4,7-8,11-12,14H2,1-2H3/q+2. The fourth-order valence-corrected chi connectivity index (χ4v) is 2.22. The Labute approximate surface area is 115 Å². The molecule has 0 saturated heterocycles. The molecule has 0 amide bonds. The molecule has 0 aromatic carbocycles. The normalized spacial score (nSPS) is 17.2. The number of allylic oxidation sites excluding steroid dienone is 5. The minimum atomic E-state index is 0.892. The van der Waals surface area contributed by atoms with Gasteiger partial charge in [-0.05, 0) is 32.0 Å². The van der Waals surface area contributed by atoms with Gasteiger partial charge in [-0.1, -0.05) is 0 Å². The van der Waals surface area contributed by atoms with E-state index in [-0.39, 0.29) is 0 Å². The van der Waals surface area contributed by atoms with Crippen LogP contribution in [0.5, 0.6) is 0 Å². The number of hydrogen-bond acceptors (Lipinski definition) is 1. The van der Waals surface area contributed by atoms with Crippen LogP contribution in [0, 0.1) is 6.42 Å². The lowest BCUT2D eigenvalue weighted by Gasteiger charge is -2.22. The van der Waals surface area contributed by atoms with Crippen LogP contribution < -0.4 is 5.32 Å². The van der Waals surface area contributed by atoms with E-state index in [1.807, 2.05) is 0 Å². The largest absolute Gasteiger partial charge is 0.320 e. The van der Waals surface area contributed by atoms with Crippen LogP contribution in [-0.4, -0.2) is 48.1 Å². The van der Waals surface area contributed by atoms with E-state index in [9.17, 15) is 0 Å². The lowest BCUT2D eigenvalue weighted by molar-refractivity contribution is -0.839. The predicted molar refractivity (Wildman–Crippen MR) is 80.1 cm³/mol. The third-order valence-corrected chi connectivity index (χ3v) is 3.26. The number of hydrogen-bond donors (Lipinski definition) is 1. The van der Waals surface area contributed by atoms with Crippen molar-refractivity contribution in [1.29, 1.82) is 0 Å². The van der Waals surface area contributed by atoms with Crippen LogP contribution >= 0.6 is 0 Å². The quantitative estimate of drug-likeness (QED) is 0.306. The second-order valence-electron chi connectivity index (χ2n) is 5.28. The summed E-state index contributed by atoms with van der Waals surface area (Å²) in [6.45, 7) is 2.31. The first-order chi connectivity index (χ1) is 8.64. The second kappa shape index (κ2) is 8.35. The minimum Gasteiger partial charge on any atom is -0.320 e. The summed E-state index contributed by atoms with van der Waals surface area (Å²) in [7, 11) is 7.95. The third-order valence-electron chi connectivity index (χ3n) is 3.01. The average Bonchev–Trinajstić information content (AvgIpc) is 2.34. The number of rotatable bonds is 8. The van der Waals surface area contributed by atoms with Crippen LogP contribution in [0.15, 0.2) is 36.1 Å². The molecule has 0 aromatic rings. The van der Waals surface area contributed by atoms with Crippen molar-refractivity contribution in [2.24, 2.45) is 0 Å². The smallest absolute Gasteiger partial charge is 0.177 e. The van der Waals surface area contributed by atoms with Crippen molar-refractivity contribution in [3.63, 3.8) is 0 Å². The van der Waals surface area contributed by atoms with E-state index in [0.717, 1.165) is 17.2 Å². The highest BCUT2D eigenvalue weighted by Crippen LogP contribution is 2.14. The molecule has 1 aliphatic carbocycles. The Kier molecular flexibility index (Phi) is 7.09. The molecule has 97 valence electrons. The lowest BCUT2D eigenvalue weighted by atomic mass is 10.1. The monoisotopic (exact) mass is 261 g/mol. The van der Waals surface area contributed by atoms with Gasteiger partial charge in [0.25, 0.3) is 0 Å². The van der Waals surface area contributed by atoms with E-state index in [1.54, 1.807) is 0 Å². The first kappa shape index (κ1) is 15.3. The zero-order valence-corrected chi connectivity index (χ0v) is 12.7. The summed E-state index contributed by atoms with van der Waals surface area (Å²) in [6, 6.07) is 0. The third kappa shape index (κ3) is 6.84. The van der Waals surface area contributed by atoms with Crippen molar-refractivity contribution in [3.05, 3.63) is 42.5 Å². The van der Waals surface area contributed by atoms with Gasteiger partial charge >= 0.3 is 0 Å². The van der Waals surface area contributed by atoms with Gasteiger partial charge in [0.2, 0.25) is 0 Å². The topological polar surface area (TPSA) is 12.0 Å². The van der Waals surface area contributed by atoms with Gasteiger partial charge in [0.05, 0.1) is 20.6 Å². The second-order valence-corrected chi connectivity index (χ2v) is 5.63. The fourth-order valence-electron chi connectivity index (χ4n) is 2.04. The molecule has 0 atom stereocenters. The highest BCUT2D eigenvalue weighted by atomic mass is 28.1. The van der Waals surface area contributed by atoms with Gasteiger partial charge < -0.3 is 5.32 Å². The summed E-state index contributed by atoms with van der Waals surface area (Å²) in [6.07, 6.45) is 17.6. The Morgan fingerprint density at radius 3 is 2.78 bits per heavy atom. The molecule has 0 fully saturated rings. The first-order valence-corrected chi connectivity index (χ1v) is 7.44. The van der Waals surface area contributed by atoms with Gasteiger partial charge in [-0.3, -0.25) is 4.48 Å². The van der Waals surface area contributed by atoms with Gasteiger partial charge in [-0.25, -0.2) is 0 Å². The molecular formula is C15H25N2Si+2. The van der Waals surface area contributed by atoms with Crippen molar-refractivity contribution >= 4 is 10.2 Å². The molecule has 0 spiro atoms. The van der Waals surface area contributed by atoms with Crippen LogP contribution in [0.25, 0.3) is 0 Å². The Bertz CT molecular complexity index is 316. The Morgan fingerprint density at radius 2 is 2.11 bits per heavy atom. The molecule has 0 unspecified atom stereocenters. The van der Waals surface area contributed by atoms with Crippen LogP contribution in [0.1, 0.15) is 19.3 Å². The highest BCUT2D eigenvalue weighted by Gasteiger charge is 2.17. The molecular weight excluding hydrogens is 236 g/mol. The average molecular weight is 261 g/mol. The maximum atomic E-state index is 3.41. The molecule has 0 aliphatic heterocycles. The summed E-state index contributed by atoms with van der Waals surface area (Å²) in [5, 5.41) is 3.29. The SMILES string of the molecule is C[N+](C)(C=C1C=CC=C[CH+]1)CCCCCNC[Si]. The van der Waals surface area contributed by atoms with Crippen molar-refractivity contribution in [2.45, 2.75) is 19.3 Å². The molecule has 0 heterocycles. The molecule has 3 heteroatoms. The zero-order valence-electron chi connectivity index (χ0n) is 11.7. The van der Waals surface area contributed by atoms with Gasteiger partial charge in [0.1, 0.15) is 5.57 Å². The maximum Gasteiger partial charge on any atom is 0.177 e. The van der Waals surface area contributed by atoms with E-state index in [4.69, 9.17) is 0 Å². The fraction of sp³-hybridized carbons (Fsp3) is 0.533. The Morgan fingerprint density at radius 1 is 1.28 bits per heavy atom. The molecule has 1 N–H and O–H groups in total. The van der Waals surface area contributed by atoms with Crippen molar-refractivity contribution in [3.8, 4) is 0 Å². The van der Waals surface area contributed by atoms with Gasteiger partial charge in [0.15, 0.2) is 6.20 Å². The van der Waals surface area contributed by atoms with Crippen molar-refractivity contribution in [1.82, 2.24) is 5.32 Å². The van der Waals surface area contributed by atoms with Crippen molar-refractivity contribution in [2.75, 3.05) is 33.4 Å². The number of unbranched alkanes of at least 4 members (excludes halogenated alkanes) is 2. The van der Waals surface area contributed by atoms with Gasteiger partial charge in [0, 0.05) is 41.0 Å². The Balaban J connectivity index is 2.23. The van der Waals surface area contributed by atoms with E-state index >= 15 is 0 Å². The Hall–Kier alpha value is -0.773. The molecule has 18 heavy (non-hydrogen) atoms. The molecule has 1 rings (SSSR count). The zero-order chi connectivity index (χ0) is 13.3. The van der Waals surface area contributed by atoms with E-state index in [0.29, 0.717) is 0 Å².